The Balaban J connectivity index is 1.94. The van der Waals surface area contributed by atoms with Crippen molar-refractivity contribution in [1.82, 2.24) is 10.2 Å². The number of nitrogens with zero attached hydrogens (tertiary/aromatic N) is 2. The van der Waals surface area contributed by atoms with E-state index in [1.165, 1.54) is 35.2 Å². The molecule has 0 spiro atoms. The standard InChI is InChI=1S/C32H34Cl2F3N5O6S/c1-3-41(4-2)30(45)40-20-12-14-21(15-13-20)49(46,47)42-25-17-16-24(34)27(48-29(44)32(35,36)37)26(25)31(28(42)43,39-19-9-5-8-18-38)22-10-6-7-11-23(22)33/h6-7,10-17,39H,3-5,8-9,18-19,38H2,1-2H3,(H,40,45). The number of carbonyl (C=O) groups excluding carboxylic acids is 3. The molecule has 0 saturated heterocycles. The monoisotopic (exact) mass is 743 g/mol. The summed E-state index contributed by atoms with van der Waals surface area (Å²) >= 11 is 13.0. The second kappa shape index (κ2) is 15.3. The number of nitrogens with two attached hydrogens (primary N) is 1. The fourth-order valence-electron chi connectivity index (χ4n) is 5.46. The average Bonchev–Trinajstić information content (AvgIpc) is 3.31. The number of nitrogens with one attached hydrogen (secondary N) is 2. The molecule has 0 fully saturated rings. The summed E-state index contributed by atoms with van der Waals surface area (Å²) in [4.78, 5) is 40.6. The predicted molar refractivity (Wildman–Crippen MR) is 179 cm³/mol. The van der Waals surface area contributed by atoms with Gasteiger partial charge in [-0.2, -0.15) is 13.2 Å². The van der Waals surface area contributed by atoms with Gasteiger partial charge < -0.3 is 20.7 Å². The normalized spacial score (nSPS) is 16.0. The number of benzene rings is 3. The van der Waals surface area contributed by atoms with Crippen molar-refractivity contribution in [2.75, 3.05) is 35.8 Å². The highest BCUT2D eigenvalue weighted by atomic mass is 35.5. The lowest BCUT2D eigenvalue weighted by Crippen LogP contribution is -2.53. The molecule has 0 bridgehead atoms. The van der Waals surface area contributed by atoms with E-state index in [0.717, 1.165) is 24.3 Å². The molecule has 1 heterocycles. The molecular weight excluding hydrogens is 710 g/mol. The quantitative estimate of drug-likeness (QED) is 0.109. The minimum Gasteiger partial charge on any atom is -0.418 e. The van der Waals surface area contributed by atoms with Crippen LogP contribution in [0.5, 0.6) is 5.75 Å². The van der Waals surface area contributed by atoms with Gasteiger partial charge in [0.15, 0.2) is 11.3 Å². The lowest BCUT2D eigenvalue weighted by atomic mass is 9.82. The molecule has 11 nitrogen and oxygen atoms in total. The minimum absolute atomic E-state index is 0.0273. The first-order valence-corrected chi connectivity index (χ1v) is 17.4. The molecule has 0 aliphatic carbocycles. The van der Waals surface area contributed by atoms with E-state index in [-0.39, 0.29) is 22.8 Å². The van der Waals surface area contributed by atoms with E-state index in [1.807, 2.05) is 0 Å². The Morgan fingerprint density at radius 2 is 1.61 bits per heavy atom. The van der Waals surface area contributed by atoms with Crippen LogP contribution in [-0.4, -0.2) is 63.6 Å². The maximum atomic E-state index is 14.8. The molecule has 4 rings (SSSR count). The first-order chi connectivity index (χ1) is 23.1. The highest BCUT2D eigenvalue weighted by Gasteiger charge is 2.59. The maximum Gasteiger partial charge on any atom is 0.491 e. The molecule has 1 aliphatic rings. The highest BCUT2D eigenvalue weighted by Crippen LogP contribution is 2.54. The van der Waals surface area contributed by atoms with Crippen LogP contribution in [0.2, 0.25) is 10.0 Å². The van der Waals surface area contributed by atoms with Crippen LogP contribution in [0, 0.1) is 0 Å². The van der Waals surface area contributed by atoms with E-state index >= 15 is 0 Å². The van der Waals surface area contributed by atoms with Gasteiger partial charge in [-0.3, -0.25) is 10.1 Å². The van der Waals surface area contributed by atoms with Crippen LogP contribution >= 0.6 is 23.2 Å². The summed E-state index contributed by atoms with van der Waals surface area (Å²) in [5, 5.41) is 5.16. The van der Waals surface area contributed by atoms with Crippen LogP contribution in [0.15, 0.2) is 65.6 Å². The van der Waals surface area contributed by atoms with E-state index < -0.39 is 66.6 Å². The molecule has 1 unspecified atom stereocenters. The molecule has 0 saturated carbocycles. The second-order valence-electron chi connectivity index (χ2n) is 10.9. The van der Waals surface area contributed by atoms with Gasteiger partial charge in [0.25, 0.3) is 15.9 Å². The third kappa shape index (κ3) is 7.50. The van der Waals surface area contributed by atoms with Crippen molar-refractivity contribution in [2.24, 2.45) is 5.73 Å². The van der Waals surface area contributed by atoms with Crippen LogP contribution in [0.4, 0.5) is 29.3 Å². The Hall–Kier alpha value is -3.89. The number of ether oxygens (including phenoxy) is 1. The number of urea groups is 1. The summed E-state index contributed by atoms with van der Waals surface area (Å²) in [6.45, 7) is 4.88. The summed E-state index contributed by atoms with van der Waals surface area (Å²) in [5.74, 6) is -4.69. The van der Waals surface area contributed by atoms with Gasteiger partial charge in [0.2, 0.25) is 0 Å². The summed E-state index contributed by atoms with van der Waals surface area (Å²) in [5.41, 5.74) is 2.67. The van der Waals surface area contributed by atoms with Crippen LogP contribution in [-0.2, 0) is 25.2 Å². The Morgan fingerprint density at radius 1 is 0.959 bits per heavy atom. The number of anilines is 2. The highest BCUT2D eigenvalue weighted by molar-refractivity contribution is 7.93. The van der Waals surface area contributed by atoms with Gasteiger partial charge in [0, 0.05) is 29.4 Å². The van der Waals surface area contributed by atoms with Gasteiger partial charge in [-0.25, -0.2) is 22.3 Å². The summed E-state index contributed by atoms with van der Waals surface area (Å²) < 4.78 is 74.5. The van der Waals surface area contributed by atoms with Crippen LogP contribution in [0.3, 0.4) is 0 Å². The minimum atomic E-state index is -5.47. The first kappa shape index (κ1) is 37.9. The first-order valence-electron chi connectivity index (χ1n) is 15.2. The van der Waals surface area contributed by atoms with Crippen LogP contribution in [0.1, 0.15) is 44.2 Å². The van der Waals surface area contributed by atoms with Crippen molar-refractivity contribution in [1.29, 1.82) is 0 Å². The summed E-state index contributed by atoms with van der Waals surface area (Å²) in [7, 11) is -4.83. The number of esters is 1. The van der Waals surface area contributed by atoms with Gasteiger partial charge in [0.1, 0.15) is 0 Å². The van der Waals surface area contributed by atoms with E-state index in [9.17, 15) is 36.0 Å². The smallest absolute Gasteiger partial charge is 0.418 e. The predicted octanol–water partition coefficient (Wildman–Crippen LogP) is 6.03. The van der Waals surface area contributed by atoms with Crippen LogP contribution < -0.4 is 25.4 Å². The van der Waals surface area contributed by atoms with Crippen molar-refractivity contribution < 1.29 is 40.7 Å². The summed E-state index contributed by atoms with van der Waals surface area (Å²) in [6.07, 6.45) is -3.84. The van der Waals surface area contributed by atoms with Gasteiger partial charge >= 0.3 is 18.2 Å². The van der Waals surface area contributed by atoms with Crippen molar-refractivity contribution >= 4 is 62.5 Å². The topological polar surface area (TPSA) is 151 Å². The molecule has 3 amide bonds. The maximum absolute atomic E-state index is 14.8. The molecule has 1 atom stereocenters. The SMILES string of the molecule is CCN(CC)C(=O)Nc1ccc(S(=O)(=O)N2C(=O)C(NCCCCCN)(c3ccccc3Cl)c3c2ccc(Cl)c3OC(=O)C(F)(F)F)cc1. The molecule has 17 heteroatoms. The van der Waals surface area contributed by atoms with E-state index in [0.29, 0.717) is 43.2 Å². The van der Waals surface area contributed by atoms with Crippen molar-refractivity contribution in [3.8, 4) is 5.75 Å². The number of amides is 3. The molecule has 1 aliphatic heterocycles. The molecule has 49 heavy (non-hydrogen) atoms. The third-order valence-electron chi connectivity index (χ3n) is 7.86. The zero-order valence-corrected chi connectivity index (χ0v) is 28.8. The van der Waals surface area contributed by atoms with E-state index in [4.69, 9.17) is 33.7 Å². The molecule has 264 valence electrons. The van der Waals surface area contributed by atoms with E-state index in [2.05, 4.69) is 10.6 Å². The van der Waals surface area contributed by atoms with Gasteiger partial charge in [-0.1, -0.05) is 47.8 Å². The number of sulfonamides is 1. The van der Waals surface area contributed by atoms with Gasteiger partial charge in [-0.05, 0) is 82.2 Å². The number of fused-ring (bicyclic) bond motifs is 1. The zero-order valence-electron chi connectivity index (χ0n) is 26.4. The molecule has 3 aromatic carbocycles. The Morgan fingerprint density at radius 3 is 2.20 bits per heavy atom. The molecule has 3 aromatic rings. The fraction of sp³-hybridized carbons (Fsp3) is 0.344. The van der Waals surface area contributed by atoms with Crippen molar-refractivity contribution in [3.05, 3.63) is 81.8 Å². The molecule has 0 aromatic heterocycles. The van der Waals surface area contributed by atoms with Crippen molar-refractivity contribution in [2.45, 2.75) is 49.7 Å². The number of carbonyl (C=O) groups is 3. The Kier molecular flexibility index (Phi) is 11.9. The van der Waals surface area contributed by atoms with Crippen LogP contribution in [0.25, 0.3) is 0 Å². The van der Waals surface area contributed by atoms with Gasteiger partial charge in [0.05, 0.1) is 21.2 Å². The van der Waals surface area contributed by atoms with E-state index in [1.54, 1.807) is 19.9 Å². The lowest BCUT2D eigenvalue weighted by Gasteiger charge is -2.32. The number of alkyl halides is 3. The number of hydrogen-bond acceptors (Lipinski definition) is 8. The lowest BCUT2D eigenvalue weighted by molar-refractivity contribution is -0.189. The average molecular weight is 745 g/mol. The molecule has 0 radical (unpaired) electrons. The van der Waals surface area contributed by atoms with Gasteiger partial charge in [-0.15, -0.1) is 0 Å². The largest absolute Gasteiger partial charge is 0.491 e. The third-order valence-corrected chi connectivity index (χ3v) is 10.2. The molecular formula is C32H34Cl2F3N5O6S. The fourth-order valence-corrected chi connectivity index (χ4v) is 7.39. The zero-order chi connectivity index (χ0) is 36.1. The number of halogens is 5. The number of rotatable bonds is 13. The number of unbranched alkanes of at least 4 members (excludes halogenated alkanes) is 2. The number of hydrogen-bond donors (Lipinski definition) is 3. The second-order valence-corrected chi connectivity index (χ2v) is 13.5. The Labute approximate surface area is 291 Å². The summed E-state index contributed by atoms with van der Waals surface area (Å²) in [6, 6.07) is 12.6. The Bertz CT molecular complexity index is 1820. The van der Waals surface area contributed by atoms with Crippen molar-refractivity contribution in [3.63, 3.8) is 0 Å². The molecule has 4 N–H and O–H groups in total.